The highest BCUT2D eigenvalue weighted by molar-refractivity contribution is 6.03. The first-order valence-electron chi connectivity index (χ1n) is 16.5. The van der Waals surface area contributed by atoms with Gasteiger partial charge in [-0.15, -0.1) is 0 Å². The molecule has 45 heavy (non-hydrogen) atoms. The minimum absolute atomic E-state index is 0.147. The summed E-state index contributed by atoms with van der Waals surface area (Å²) in [4.78, 5) is 52.0. The van der Waals surface area contributed by atoms with Crippen LogP contribution in [0.4, 0.5) is 5.69 Å². The van der Waals surface area contributed by atoms with Gasteiger partial charge in [0, 0.05) is 57.6 Å². The lowest BCUT2D eigenvalue weighted by molar-refractivity contribution is -0.144. The molecule has 1 aromatic carbocycles. The van der Waals surface area contributed by atoms with E-state index in [0.717, 1.165) is 63.1 Å². The highest BCUT2D eigenvalue weighted by Gasteiger charge is 2.29. The Hall–Kier alpha value is -3.38. The molecule has 2 aromatic rings. The average molecular weight is 621 g/mol. The number of ether oxygens (including phenoxy) is 2. The van der Waals surface area contributed by atoms with E-state index in [9.17, 15) is 14.4 Å². The van der Waals surface area contributed by atoms with E-state index < -0.39 is 0 Å². The van der Waals surface area contributed by atoms with Crippen LogP contribution in [0.3, 0.4) is 0 Å². The van der Waals surface area contributed by atoms with Gasteiger partial charge < -0.3 is 19.7 Å². The molecule has 244 valence electrons. The normalized spacial score (nSPS) is 18.9. The Morgan fingerprint density at radius 3 is 2.33 bits per heavy atom. The number of piperazine rings is 1. The predicted octanol–water partition coefficient (Wildman–Crippen LogP) is 2.61. The first-order valence-corrected chi connectivity index (χ1v) is 16.5. The van der Waals surface area contributed by atoms with Crippen LogP contribution in [0.2, 0.25) is 0 Å². The van der Waals surface area contributed by atoms with Gasteiger partial charge >= 0.3 is 5.97 Å². The Labute approximate surface area is 266 Å². The summed E-state index contributed by atoms with van der Waals surface area (Å²) in [5, 5.41) is 3.03. The van der Waals surface area contributed by atoms with Gasteiger partial charge in [-0.05, 0) is 62.4 Å². The van der Waals surface area contributed by atoms with Crippen molar-refractivity contribution in [2.24, 2.45) is 5.92 Å². The minimum Gasteiger partial charge on any atom is -0.465 e. The summed E-state index contributed by atoms with van der Waals surface area (Å²) in [7, 11) is 0. The number of aryl methyl sites for hydroxylation is 1. The molecule has 4 heterocycles. The van der Waals surface area contributed by atoms with Gasteiger partial charge in [-0.25, -0.2) is 4.98 Å². The highest BCUT2D eigenvalue weighted by atomic mass is 16.5. The number of hydrogen-bond acceptors (Lipinski definition) is 9. The number of pyridine rings is 1. The molecule has 3 fully saturated rings. The van der Waals surface area contributed by atoms with Crippen LogP contribution in [0.25, 0.3) is 11.1 Å². The lowest BCUT2D eigenvalue weighted by atomic mass is 9.96. The van der Waals surface area contributed by atoms with Crippen LogP contribution in [0.15, 0.2) is 36.5 Å². The molecule has 3 saturated heterocycles. The predicted molar refractivity (Wildman–Crippen MR) is 173 cm³/mol. The molecular formula is C34H48N6O5. The number of benzene rings is 1. The molecule has 0 bridgehead atoms. The molecule has 3 aliphatic heterocycles. The van der Waals surface area contributed by atoms with Crippen molar-refractivity contribution >= 4 is 23.5 Å². The van der Waals surface area contributed by atoms with Crippen LogP contribution in [0.1, 0.15) is 42.7 Å². The number of piperidine rings is 1. The van der Waals surface area contributed by atoms with Gasteiger partial charge in [-0.3, -0.25) is 29.1 Å². The molecule has 0 saturated carbocycles. The van der Waals surface area contributed by atoms with Crippen molar-refractivity contribution < 1.29 is 23.9 Å². The van der Waals surface area contributed by atoms with Crippen molar-refractivity contribution in [2.45, 2.75) is 33.1 Å². The molecule has 11 heteroatoms. The number of carbonyl (C=O) groups is 3. The number of nitrogens with zero attached hydrogens (tertiary/aromatic N) is 5. The van der Waals surface area contributed by atoms with Crippen LogP contribution in [-0.4, -0.2) is 134 Å². The summed E-state index contributed by atoms with van der Waals surface area (Å²) in [6.45, 7) is 13.3. The molecule has 0 radical (unpaired) electrons. The van der Waals surface area contributed by atoms with Crippen molar-refractivity contribution in [3.8, 4) is 11.1 Å². The Morgan fingerprint density at radius 1 is 0.889 bits per heavy atom. The molecule has 0 spiro atoms. The first kappa shape index (κ1) is 33.0. The van der Waals surface area contributed by atoms with E-state index in [-0.39, 0.29) is 30.0 Å². The van der Waals surface area contributed by atoms with Gasteiger partial charge in [0.15, 0.2) is 5.69 Å². The number of anilines is 1. The van der Waals surface area contributed by atoms with Crippen LogP contribution in [0.5, 0.6) is 0 Å². The molecule has 1 aromatic heterocycles. The molecule has 2 amide bonds. The second-order valence-corrected chi connectivity index (χ2v) is 12.2. The van der Waals surface area contributed by atoms with Gasteiger partial charge in [-0.1, -0.05) is 31.2 Å². The van der Waals surface area contributed by atoms with Gasteiger partial charge in [0.25, 0.3) is 5.91 Å². The van der Waals surface area contributed by atoms with Gasteiger partial charge in [0.1, 0.15) is 0 Å². The molecule has 5 rings (SSSR count). The largest absolute Gasteiger partial charge is 0.465 e. The Balaban J connectivity index is 1.20. The number of hydrogen-bond donors (Lipinski definition) is 1. The van der Waals surface area contributed by atoms with Crippen molar-refractivity contribution in [2.75, 3.05) is 97.1 Å². The third-order valence-electron chi connectivity index (χ3n) is 9.04. The number of aromatic nitrogens is 1. The quantitative estimate of drug-likeness (QED) is 0.380. The standard InChI is InChI=1S/C34H48N6O5/c1-3-26-6-5-7-28(20-26)29-21-30(36-31(41)24-39-16-18-44-19-17-39)33(35-22-29)34(43)40-14-12-38(13-15-40)23-27-8-10-37(11-9-27)25-32(42)45-4-2/h5-7,20-22,27H,3-4,8-19,23-25H2,1-2H3,(H,36,41). The van der Waals surface area contributed by atoms with Gasteiger partial charge in [-0.2, -0.15) is 0 Å². The number of likely N-dealkylation sites (tertiary alicyclic amines) is 1. The zero-order valence-corrected chi connectivity index (χ0v) is 26.8. The number of nitrogens with one attached hydrogen (secondary N) is 1. The van der Waals surface area contributed by atoms with Crippen LogP contribution in [0, 0.1) is 5.92 Å². The third-order valence-corrected chi connectivity index (χ3v) is 9.04. The average Bonchev–Trinajstić information content (AvgIpc) is 3.06. The minimum atomic E-state index is -0.162. The van der Waals surface area contributed by atoms with Crippen molar-refractivity contribution in [3.05, 3.63) is 47.8 Å². The zero-order chi connectivity index (χ0) is 31.6. The maximum Gasteiger partial charge on any atom is 0.320 e. The van der Waals surface area contributed by atoms with E-state index in [1.807, 2.05) is 30.0 Å². The fourth-order valence-electron chi connectivity index (χ4n) is 6.38. The molecule has 0 atom stereocenters. The van der Waals surface area contributed by atoms with Gasteiger partial charge in [0.05, 0.1) is 38.6 Å². The van der Waals surface area contributed by atoms with Crippen LogP contribution in [-0.2, 0) is 25.5 Å². The van der Waals surface area contributed by atoms with E-state index in [1.54, 1.807) is 6.20 Å². The fraction of sp³-hybridized carbons (Fsp3) is 0.588. The summed E-state index contributed by atoms with van der Waals surface area (Å²) < 4.78 is 10.5. The smallest absolute Gasteiger partial charge is 0.320 e. The molecule has 3 aliphatic rings. The number of morpholine rings is 1. The number of carbonyl (C=O) groups excluding carboxylic acids is 3. The first-order chi connectivity index (χ1) is 21.9. The Bertz CT molecular complexity index is 1300. The van der Waals surface area contributed by atoms with Crippen LogP contribution >= 0.6 is 0 Å². The lowest BCUT2D eigenvalue weighted by Gasteiger charge is -2.38. The molecule has 0 unspecified atom stereocenters. The molecule has 1 N–H and O–H groups in total. The topological polar surface area (TPSA) is 108 Å². The molecular weight excluding hydrogens is 572 g/mol. The van der Waals surface area contributed by atoms with Crippen LogP contribution < -0.4 is 5.32 Å². The van der Waals surface area contributed by atoms with E-state index in [0.29, 0.717) is 64.1 Å². The number of esters is 1. The van der Waals surface area contributed by atoms with Gasteiger partial charge in [0.2, 0.25) is 5.91 Å². The lowest BCUT2D eigenvalue weighted by Crippen LogP contribution is -2.51. The van der Waals surface area contributed by atoms with Crippen molar-refractivity contribution in [1.29, 1.82) is 0 Å². The molecule has 11 nitrogen and oxygen atoms in total. The van der Waals surface area contributed by atoms with E-state index >= 15 is 0 Å². The van der Waals surface area contributed by atoms with E-state index in [4.69, 9.17) is 9.47 Å². The Kier molecular flexibility index (Phi) is 11.9. The number of amides is 2. The summed E-state index contributed by atoms with van der Waals surface area (Å²) in [6.07, 6.45) is 4.78. The highest BCUT2D eigenvalue weighted by Crippen LogP contribution is 2.27. The van der Waals surface area contributed by atoms with E-state index in [2.05, 4.69) is 44.1 Å². The molecule has 0 aliphatic carbocycles. The third kappa shape index (κ3) is 9.32. The summed E-state index contributed by atoms with van der Waals surface area (Å²) >= 11 is 0. The maximum atomic E-state index is 13.8. The maximum absolute atomic E-state index is 13.8. The van der Waals surface area contributed by atoms with E-state index in [1.165, 1.54) is 5.56 Å². The van der Waals surface area contributed by atoms with Crippen molar-refractivity contribution in [3.63, 3.8) is 0 Å². The second kappa shape index (κ2) is 16.3. The summed E-state index contributed by atoms with van der Waals surface area (Å²) in [5.41, 5.74) is 3.81. The second-order valence-electron chi connectivity index (χ2n) is 12.2. The zero-order valence-electron chi connectivity index (χ0n) is 26.8. The Morgan fingerprint density at radius 2 is 1.62 bits per heavy atom. The van der Waals surface area contributed by atoms with Crippen molar-refractivity contribution in [1.82, 2.24) is 24.6 Å². The summed E-state index contributed by atoms with van der Waals surface area (Å²) in [6, 6.07) is 10.2. The SMILES string of the molecule is CCOC(=O)CN1CCC(CN2CCN(C(=O)c3ncc(-c4cccc(CC)c4)cc3NC(=O)CN3CCOCC3)CC2)CC1. The monoisotopic (exact) mass is 620 g/mol. The fourth-order valence-corrected chi connectivity index (χ4v) is 6.38. The summed E-state index contributed by atoms with van der Waals surface area (Å²) in [5.74, 6) is 0.119. The number of rotatable bonds is 11.